The SMILES string of the molecule is COc1ccc(-c2cnn(CC(=O)Nc3ccc(Cl)cc3C)c(=O)n2)cc1. The number of carbonyl (C=O) groups is 1. The summed E-state index contributed by atoms with van der Waals surface area (Å²) in [7, 11) is 1.58. The Morgan fingerprint density at radius 1 is 1.22 bits per heavy atom. The Balaban J connectivity index is 1.73. The molecule has 27 heavy (non-hydrogen) atoms. The summed E-state index contributed by atoms with van der Waals surface area (Å²) in [5, 5.41) is 7.36. The van der Waals surface area contributed by atoms with Crippen LogP contribution in [0.2, 0.25) is 5.02 Å². The smallest absolute Gasteiger partial charge is 0.365 e. The average molecular weight is 385 g/mol. The maximum atomic E-state index is 12.2. The number of benzene rings is 2. The Bertz CT molecular complexity index is 1030. The van der Waals surface area contributed by atoms with Gasteiger partial charge in [0, 0.05) is 16.3 Å². The molecular weight excluding hydrogens is 368 g/mol. The fourth-order valence-corrected chi connectivity index (χ4v) is 2.69. The predicted octanol–water partition coefficient (Wildman–Crippen LogP) is 2.91. The summed E-state index contributed by atoms with van der Waals surface area (Å²) < 4.78 is 6.11. The van der Waals surface area contributed by atoms with E-state index in [0.29, 0.717) is 22.2 Å². The van der Waals surface area contributed by atoms with Crippen molar-refractivity contribution in [3.05, 3.63) is 69.7 Å². The summed E-state index contributed by atoms with van der Waals surface area (Å²) in [5.41, 5.74) is 2.00. The third kappa shape index (κ3) is 4.51. The van der Waals surface area contributed by atoms with Gasteiger partial charge in [-0.25, -0.2) is 9.48 Å². The molecule has 2 aromatic carbocycles. The number of halogens is 1. The third-order valence-corrected chi connectivity index (χ3v) is 4.13. The zero-order chi connectivity index (χ0) is 19.4. The van der Waals surface area contributed by atoms with Crippen molar-refractivity contribution in [1.29, 1.82) is 0 Å². The van der Waals surface area contributed by atoms with Gasteiger partial charge in [0.2, 0.25) is 5.91 Å². The summed E-state index contributed by atoms with van der Waals surface area (Å²) in [4.78, 5) is 28.4. The number of nitrogens with one attached hydrogen (secondary N) is 1. The molecule has 0 saturated carbocycles. The van der Waals surface area contributed by atoms with Gasteiger partial charge in [-0.15, -0.1) is 0 Å². The normalized spacial score (nSPS) is 10.5. The first-order valence-corrected chi connectivity index (χ1v) is 8.48. The monoisotopic (exact) mass is 384 g/mol. The molecule has 0 aliphatic rings. The van der Waals surface area contributed by atoms with Crippen LogP contribution in [0.4, 0.5) is 5.69 Å². The van der Waals surface area contributed by atoms with Gasteiger partial charge in [-0.05, 0) is 55.0 Å². The van der Waals surface area contributed by atoms with Crippen molar-refractivity contribution in [3.63, 3.8) is 0 Å². The minimum Gasteiger partial charge on any atom is -0.497 e. The van der Waals surface area contributed by atoms with Crippen LogP contribution in [0.25, 0.3) is 11.3 Å². The van der Waals surface area contributed by atoms with E-state index in [4.69, 9.17) is 16.3 Å². The molecular formula is C19H17ClN4O3. The highest BCUT2D eigenvalue weighted by atomic mass is 35.5. The number of rotatable bonds is 5. The number of hydrogen-bond acceptors (Lipinski definition) is 5. The number of aryl methyl sites for hydroxylation is 1. The van der Waals surface area contributed by atoms with Crippen LogP contribution in [0.1, 0.15) is 5.56 Å². The van der Waals surface area contributed by atoms with E-state index < -0.39 is 5.69 Å². The van der Waals surface area contributed by atoms with Crippen molar-refractivity contribution in [2.75, 3.05) is 12.4 Å². The highest BCUT2D eigenvalue weighted by Crippen LogP contribution is 2.20. The number of amides is 1. The van der Waals surface area contributed by atoms with Crippen LogP contribution in [0.15, 0.2) is 53.5 Å². The Morgan fingerprint density at radius 3 is 2.59 bits per heavy atom. The fourth-order valence-electron chi connectivity index (χ4n) is 2.47. The van der Waals surface area contributed by atoms with E-state index in [-0.39, 0.29) is 12.5 Å². The number of hydrogen-bond donors (Lipinski definition) is 1. The molecule has 7 nitrogen and oxygen atoms in total. The molecule has 3 aromatic rings. The second-order valence-corrected chi connectivity index (χ2v) is 6.25. The lowest BCUT2D eigenvalue weighted by Gasteiger charge is -2.09. The molecule has 1 N–H and O–H groups in total. The molecule has 0 unspecified atom stereocenters. The van der Waals surface area contributed by atoms with Crippen molar-refractivity contribution in [2.24, 2.45) is 0 Å². The van der Waals surface area contributed by atoms with Crippen LogP contribution < -0.4 is 15.7 Å². The maximum Gasteiger partial charge on any atom is 0.365 e. The molecule has 1 aromatic heterocycles. The van der Waals surface area contributed by atoms with E-state index in [1.165, 1.54) is 6.20 Å². The summed E-state index contributed by atoms with van der Waals surface area (Å²) in [5.74, 6) is 0.322. The predicted molar refractivity (Wildman–Crippen MR) is 103 cm³/mol. The zero-order valence-corrected chi connectivity index (χ0v) is 15.5. The van der Waals surface area contributed by atoms with E-state index in [1.807, 2.05) is 6.92 Å². The van der Waals surface area contributed by atoms with Gasteiger partial charge in [-0.1, -0.05) is 11.6 Å². The largest absolute Gasteiger partial charge is 0.497 e. The Labute approximate surface area is 160 Å². The van der Waals surface area contributed by atoms with Crippen LogP contribution in [0.3, 0.4) is 0 Å². The van der Waals surface area contributed by atoms with Crippen molar-refractivity contribution >= 4 is 23.2 Å². The lowest BCUT2D eigenvalue weighted by atomic mass is 10.1. The molecule has 8 heteroatoms. The van der Waals surface area contributed by atoms with E-state index in [1.54, 1.807) is 49.6 Å². The number of ether oxygens (including phenoxy) is 1. The van der Waals surface area contributed by atoms with Crippen LogP contribution in [-0.2, 0) is 11.3 Å². The Hall–Kier alpha value is -3.19. The van der Waals surface area contributed by atoms with Crippen LogP contribution in [-0.4, -0.2) is 27.8 Å². The summed E-state index contributed by atoms with van der Waals surface area (Å²) >= 11 is 5.90. The van der Waals surface area contributed by atoms with E-state index in [9.17, 15) is 9.59 Å². The minimum absolute atomic E-state index is 0.239. The first-order chi connectivity index (χ1) is 13.0. The van der Waals surface area contributed by atoms with Gasteiger partial charge >= 0.3 is 5.69 Å². The average Bonchev–Trinajstić information content (AvgIpc) is 2.66. The number of aromatic nitrogens is 3. The molecule has 0 radical (unpaired) electrons. The zero-order valence-electron chi connectivity index (χ0n) is 14.8. The second kappa shape index (κ2) is 8.01. The topological polar surface area (TPSA) is 86.1 Å². The first kappa shape index (κ1) is 18.6. The van der Waals surface area contributed by atoms with E-state index >= 15 is 0 Å². The molecule has 0 aliphatic carbocycles. The molecule has 1 amide bonds. The third-order valence-electron chi connectivity index (χ3n) is 3.90. The number of methoxy groups -OCH3 is 1. The standard InChI is InChI=1S/C19H17ClN4O3/c1-12-9-14(20)5-8-16(12)22-18(25)11-24-19(26)23-17(10-21-24)13-3-6-15(27-2)7-4-13/h3-10H,11H2,1-2H3,(H,22,25). The van der Waals surface area contributed by atoms with Gasteiger partial charge in [0.05, 0.1) is 19.0 Å². The quantitative estimate of drug-likeness (QED) is 0.731. The molecule has 1 heterocycles. The lowest BCUT2D eigenvalue weighted by molar-refractivity contribution is -0.117. The maximum absolute atomic E-state index is 12.2. The van der Waals surface area contributed by atoms with Crippen molar-refractivity contribution in [2.45, 2.75) is 13.5 Å². The molecule has 0 bridgehead atoms. The van der Waals surface area contributed by atoms with Crippen LogP contribution in [0.5, 0.6) is 5.75 Å². The molecule has 0 atom stereocenters. The molecule has 0 saturated heterocycles. The van der Waals surface area contributed by atoms with Gasteiger partial charge in [0.25, 0.3) is 0 Å². The molecule has 0 fully saturated rings. The number of anilines is 1. The molecule has 0 spiro atoms. The van der Waals surface area contributed by atoms with Gasteiger partial charge < -0.3 is 10.1 Å². The fraction of sp³-hybridized carbons (Fsp3) is 0.158. The van der Waals surface area contributed by atoms with E-state index in [2.05, 4.69) is 15.4 Å². The summed E-state index contributed by atoms with van der Waals surface area (Å²) in [6.07, 6.45) is 1.45. The first-order valence-electron chi connectivity index (χ1n) is 8.11. The molecule has 0 aliphatic heterocycles. The number of carbonyl (C=O) groups excluding carboxylic acids is 1. The summed E-state index contributed by atoms with van der Waals surface area (Å²) in [6.45, 7) is 1.59. The number of nitrogens with zero attached hydrogens (tertiary/aromatic N) is 3. The van der Waals surface area contributed by atoms with Gasteiger partial charge in [0.15, 0.2) is 0 Å². The highest BCUT2D eigenvalue weighted by Gasteiger charge is 2.10. The van der Waals surface area contributed by atoms with Crippen LogP contribution in [0, 0.1) is 6.92 Å². The Morgan fingerprint density at radius 2 is 1.96 bits per heavy atom. The van der Waals surface area contributed by atoms with Crippen LogP contribution >= 0.6 is 11.6 Å². The van der Waals surface area contributed by atoms with Gasteiger partial charge in [0.1, 0.15) is 12.3 Å². The van der Waals surface area contributed by atoms with Gasteiger partial charge in [-0.2, -0.15) is 10.1 Å². The van der Waals surface area contributed by atoms with Crippen molar-refractivity contribution in [1.82, 2.24) is 14.8 Å². The minimum atomic E-state index is -0.605. The van der Waals surface area contributed by atoms with E-state index in [0.717, 1.165) is 15.8 Å². The highest BCUT2D eigenvalue weighted by molar-refractivity contribution is 6.30. The summed E-state index contributed by atoms with van der Waals surface area (Å²) in [6, 6.07) is 12.2. The second-order valence-electron chi connectivity index (χ2n) is 5.82. The van der Waals surface area contributed by atoms with Crippen molar-refractivity contribution < 1.29 is 9.53 Å². The van der Waals surface area contributed by atoms with Crippen molar-refractivity contribution in [3.8, 4) is 17.0 Å². The molecule has 3 rings (SSSR count). The van der Waals surface area contributed by atoms with Gasteiger partial charge in [-0.3, -0.25) is 4.79 Å². The lowest BCUT2D eigenvalue weighted by Crippen LogP contribution is -2.31. The Kier molecular flexibility index (Phi) is 5.52. The molecule has 138 valence electrons.